The van der Waals surface area contributed by atoms with Crippen LogP contribution in [0.15, 0.2) is 11.8 Å². The number of carbonyl (C=O) groups is 1. The van der Waals surface area contributed by atoms with Crippen molar-refractivity contribution in [2.75, 3.05) is 5.75 Å². The largest absolute Gasteiger partial charge is 0.475 e. The first kappa shape index (κ1) is 11.0. The minimum absolute atomic E-state index is 0.252. The van der Waals surface area contributed by atoms with Gasteiger partial charge in [0.05, 0.1) is 5.75 Å². The summed E-state index contributed by atoms with van der Waals surface area (Å²) in [6, 6.07) is 0. The van der Waals surface area contributed by atoms with E-state index in [9.17, 15) is 13.2 Å². The van der Waals surface area contributed by atoms with Gasteiger partial charge in [0.25, 0.3) is 0 Å². The Bertz CT molecular complexity index is 287. The molecule has 1 N–H and O–H groups in total. The van der Waals surface area contributed by atoms with Crippen molar-refractivity contribution in [2.24, 2.45) is 0 Å². The lowest BCUT2D eigenvalue weighted by atomic mass is 10.5. The summed E-state index contributed by atoms with van der Waals surface area (Å²) in [7, 11) is -3.72. The van der Waals surface area contributed by atoms with E-state index in [1.54, 1.807) is 0 Å². The lowest BCUT2D eigenvalue weighted by Crippen LogP contribution is -2.13. The maximum Gasteiger partial charge on any atom is 0.372 e. The second-order valence-corrected chi connectivity index (χ2v) is 3.75. The van der Waals surface area contributed by atoms with Crippen LogP contribution >= 0.6 is 0 Å². The van der Waals surface area contributed by atoms with Gasteiger partial charge >= 0.3 is 16.1 Å². The van der Waals surface area contributed by atoms with Crippen molar-refractivity contribution < 1.29 is 22.5 Å². The third kappa shape index (κ3) is 3.38. The fourth-order valence-electron chi connectivity index (χ4n) is 0.403. The van der Waals surface area contributed by atoms with Gasteiger partial charge in [0.1, 0.15) is 0 Å². The predicted octanol–water partition coefficient (Wildman–Crippen LogP) is 0.341. The molecule has 0 aromatic carbocycles. The van der Waals surface area contributed by atoms with Crippen LogP contribution in [-0.4, -0.2) is 25.2 Å². The molecule has 0 bridgehead atoms. The minimum Gasteiger partial charge on any atom is -0.475 e. The molecule has 0 amide bonds. The number of hydrogen-bond donors (Lipinski definition) is 1. The van der Waals surface area contributed by atoms with E-state index in [1.165, 1.54) is 13.8 Å². The zero-order chi connectivity index (χ0) is 9.78. The molecule has 6 heteroatoms. The summed E-state index contributed by atoms with van der Waals surface area (Å²) in [5, 5.41) is 8.37. The molecule has 0 unspecified atom stereocenters. The second-order valence-electron chi connectivity index (χ2n) is 1.89. The maximum atomic E-state index is 10.7. The molecule has 0 aliphatic rings. The third-order valence-electron chi connectivity index (χ3n) is 1.04. The van der Waals surface area contributed by atoms with Crippen molar-refractivity contribution in [3.63, 3.8) is 0 Å². The van der Waals surface area contributed by atoms with Gasteiger partial charge in [0.15, 0.2) is 0 Å². The third-order valence-corrected chi connectivity index (χ3v) is 2.18. The van der Waals surface area contributed by atoms with Crippen molar-refractivity contribution in [1.29, 1.82) is 0 Å². The van der Waals surface area contributed by atoms with E-state index in [-0.39, 0.29) is 5.75 Å². The number of carboxylic acid groups (broad SMARTS) is 1. The maximum absolute atomic E-state index is 10.7. The normalized spacial score (nSPS) is 12.7. The van der Waals surface area contributed by atoms with Crippen LogP contribution in [0.2, 0.25) is 0 Å². The second kappa shape index (κ2) is 4.10. The van der Waals surface area contributed by atoms with E-state index >= 15 is 0 Å². The molecule has 0 saturated carbocycles. The molecule has 5 nitrogen and oxygen atoms in total. The van der Waals surface area contributed by atoms with E-state index in [2.05, 4.69) is 4.18 Å². The lowest BCUT2D eigenvalue weighted by Gasteiger charge is -2.03. The zero-order valence-corrected chi connectivity index (χ0v) is 7.59. The fraction of sp³-hybridized carbons (Fsp3) is 0.500. The smallest absolute Gasteiger partial charge is 0.372 e. The molecular formula is C6H10O5S. The summed E-state index contributed by atoms with van der Waals surface area (Å²) in [5.74, 6) is -2.22. The summed E-state index contributed by atoms with van der Waals surface area (Å²) in [6.45, 7) is 2.75. The van der Waals surface area contributed by atoms with Gasteiger partial charge < -0.3 is 9.29 Å². The van der Waals surface area contributed by atoms with Gasteiger partial charge in [-0.3, -0.25) is 0 Å². The van der Waals surface area contributed by atoms with Gasteiger partial charge in [-0.15, -0.1) is 0 Å². The average molecular weight is 194 g/mol. The van der Waals surface area contributed by atoms with Crippen LogP contribution in [0, 0.1) is 0 Å². The molecule has 0 radical (unpaired) electrons. The Kier molecular flexibility index (Phi) is 3.75. The van der Waals surface area contributed by atoms with Crippen LogP contribution in [-0.2, 0) is 19.1 Å². The average Bonchev–Trinajstić information content (AvgIpc) is 2.00. The van der Waals surface area contributed by atoms with Crippen LogP contribution in [0.5, 0.6) is 0 Å². The van der Waals surface area contributed by atoms with Gasteiger partial charge in [0.2, 0.25) is 5.76 Å². The number of carboxylic acids is 1. The summed E-state index contributed by atoms with van der Waals surface area (Å²) in [4.78, 5) is 10.3. The number of allylic oxidation sites excluding steroid dienone is 1. The molecule has 0 fully saturated rings. The highest BCUT2D eigenvalue weighted by Crippen LogP contribution is 2.04. The summed E-state index contributed by atoms with van der Waals surface area (Å²) in [5.41, 5.74) is 0. The van der Waals surface area contributed by atoms with Crippen molar-refractivity contribution in [2.45, 2.75) is 13.8 Å². The van der Waals surface area contributed by atoms with Crippen molar-refractivity contribution in [3.8, 4) is 0 Å². The molecule has 0 saturated heterocycles. The van der Waals surface area contributed by atoms with E-state index in [4.69, 9.17) is 5.11 Å². The molecule has 0 atom stereocenters. The van der Waals surface area contributed by atoms with E-state index in [0.29, 0.717) is 0 Å². The van der Waals surface area contributed by atoms with Crippen LogP contribution < -0.4 is 0 Å². The SMILES string of the molecule is CC=C(OS(=O)(=O)CC)C(=O)O. The van der Waals surface area contributed by atoms with Gasteiger partial charge in [-0.1, -0.05) is 0 Å². The van der Waals surface area contributed by atoms with Crippen molar-refractivity contribution >= 4 is 16.1 Å². The Morgan fingerprint density at radius 3 is 2.33 bits per heavy atom. The summed E-state index contributed by atoms with van der Waals surface area (Å²) < 4.78 is 25.7. The molecule has 0 aliphatic carbocycles. The molecule has 12 heavy (non-hydrogen) atoms. The standard InChI is InChI=1S/C6H10O5S/c1-3-5(6(7)8)11-12(9,10)4-2/h3H,4H2,1-2H3,(H,7,8). The fourth-order valence-corrected chi connectivity index (χ4v) is 0.962. The summed E-state index contributed by atoms with van der Waals surface area (Å²) in [6.07, 6.45) is 1.08. The van der Waals surface area contributed by atoms with Crippen molar-refractivity contribution in [3.05, 3.63) is 11.8 Å². The van der Waals surface area contributed by atoms with E-state index < -0.39 is 21.8 Å². The van der Waals surface area contributed by atoms with Crippen LogP contribution in [0.4, 0.5) is 0 Å². The van der Waals surface area contributed by atoms with Crippen LogP contribution in [0.3, 0.4) is 0 Å². The topological polar surface area (TPSA) is 80.7 Å². The molecule has 0 aliphatic heterocycles. The molecule has 70 valence electrons. The lowest BCUT2D eigenvalue weighted by molar-refractivity contribution is -0.135. The number of hydrogen-bond acceptors (Lipinski definition) is 4. The van der Waals surface area contributed by atoms with Crippen LogP contribution in [0.25, 0.3) is 0 Å². The van der Waals surface area contributed by atoms with Gasteiger partial charge in [0, 0.05) is 0 Å². The minimum atomic E-state index is -3.72. The summed E-state index contributed by atoms with van der Waals surface area (Å²) >= 11 is 0. The van der Waals surface area contributed by atoms with Crippen molar-refractivity contribution in [1.82, 2.24) is 0 Å². The van der Waals surface area contributed by atoms with Gasteiger partial charge in [-0.2, -0.15) is 8.42 Å². The number of rotatable bonds is 4. The highest BCUT2D eigenvalue weighted by atomic mass is 32.2. The molecule has 0 spiro atoms. The molecule has 0 aromatic heterocycles. The van der Waals surface area contributed by atoms with E-state index in [1.807, 2.05) is 0 Å². The Labute approximate surface area is 70.8 Å². The monoisotopic (exact) mass is 194 g/mol. The molecule has 0 heterocycles. The highest BCUT2D eigenvalue weighted by Gasteiger charge is 2.15. The van der Waals surface area contributed by atoms with Gasteiger partial charge in [-0.05, 0) is 19.9 Å². The Hall–Kier alpha value is -1.04. The Morgan fingerprint density at radius 2 is 2.08 bits per heavy atom. The first-order chi connectivity index (χ1) is 5.43. The first-order valence-electron chi connectivity index (χ1n) is 3.24. The quantitative estimate of drug-likeness (QED) is 0.396. The highest BCUT2D eigenvalue weighted by molar-refractivity contribution is 7.86. The number of aliphatic carboxylic acids is 1. The first-order valence-corrected chi connectivity index (χ1v) is 4.82. The predicted molar refractivity (Wildman–Crippen MR) is 41.9 cm³/mol. The Balaban J connectivity index is 4.56. The van der Waals surface area contributed by atoms with E-state index in [0.717, 1.165) is 6.08 Å². The Morgan fingerprint density at radius 1 is 1.58 bits per heavy atom. The van der Waals surface area contributed by atoms with Gasteiger partial charge in [-0.25, -0.2) is 4.79 Å². The molecule has 0 aromatic rings. The zero-order valence-electron chi connectivity index (χ0n) is 6.77. The molecule has 0 rings (SSSR count). The van der Waals surface area contributed by atoms with Crippen LogP contribution in [0.1, 0.15) is 13.8 Å². The molecular weight excluding hydrogens is 184 g/mol.